The lowest BCUT2D eigenvalue weighted by Crippen LogP contribution is -2.48. The van der Waals surface area contributed by atoms with E-state index in [4.69, 9.17) is 0 Å². The molecular formula is C18H28N2. The molecule has 0 radical (unpaired) electrons. The van der Waals surface area contributed by atoms with Crippen molar-refractivity contribution >= 4 is 0 Å². The van der Waals surface area contributed by atoms with E-state index in [1.807, 2.05) is 0 Å². The van der Waals surface area contributed by atoms with Gasteiger partial charge in [0, 0.05) is 18.0 Å². The van der Waals surface area contributed by atoms with Crippen LogP contribution in [0.5, 0.6) is 0 Å². The third-order valence-electron chi connectivity index (χ3n) is 5.42. The Hall–Kier alpha value is -0.860. The molecule has 1 N–H and O–H groups in total. The van der Waals surface area contributed by atoms with Crippen LogP contribution in [-0.2, 0) is 5.41 Å². The van der Waals surface area contributed by atoms with Crippen molar-refractivity contribution in [3.8, 4) is 0 Å². The van der Waals surface area contributed by atoms with E-state index in [1.165, 1.54) is 58.3 Å². The van der Waals surface area contributed by atoms with E-state index in [0.29, 0.717) is 5.41 Å². The van der Waals surface area contributed by atoms with Crippen molar-refractivity contribution in [1.82, 2.24) is 10.2 Å². The predicted molar refractivity (Wildman–Crippen MR) is 85.1 cm³/mol. The Morgan fingerprint density at radius 1 is 1.20 bits per heavy atom. The molecule has 20 heavy (non-hydrogen) atoms. The Labute approximate surface area is 123 Å². The molecule has 0 spiro atoms. The van der Waals surface area contributed by atoms with E-state index >= 15 is 0 Å². The van der Waals surface area contributed by atoms with E-state index in [2.05, 4.69) is 47.5 Å². The number of likely N-dealkylation sites (tertiary alicyclic amines) is 1. The quantitative estimate of drug-likeness (QED) is 0.905. The van der Waals surface area contributed by atoms with Crippen LogP contribution in [0.3, 0.4) is 0 Å². The van der Waals surface area contributed by atoms with Crippen molar-refractivity contribution in [2.75, 3.05) is 26.2 Å². The second kappa shape index (κ2) is 6.28. The Kier molecular flexibility index (Phi) is 4.42. The summed E-state index contributed by atoms with van der Waals surface area (Å²) in [4.78, 5) is 2.78. The number of benzene rings is 1. The second-order valence-electron chi connectivity index (χ2n) is 6.57. The first-order valence-electron chi connectivity index (χ1n) is 8.34. The van der Waals surface area contributed by atoms with Crippen molar-refractivity contribution in [2.24, 2.45) is 0 Å². The molecule has 3 rings (SSSR count). The summed E-state index contributed by atoms with van der Waals surface area (Å²) in [6.07, 6.45) is 6.66. The summed E-state index contributed by atoms with van der Waals surface area (Å²) in [6.45, 7) is 7.25. The Morgan fingerprint density at radius 2 is 1.95 bits per heavy atom. The summed E-state index contributed by atoms with van der Waals surface area (Å²) < 4.78 is 0. The third-order valence-corrected chi connectivity index (χ3v) is 5.42. The molecule has 0 saturated carbocycles. The summed E-state index contributed by atoms with van der Waals surface area (Å²) in [5, 5.41) is 3.54. The smallest absolute Gasteiger partial charge is 0.0104 e. The molecule has 0 bridgehead atoms. The minimum Gasteiger partial charge on any atom is -0.317 e. The van der Waals surface area contributed by atoms with Gasteiger partial charge in [-0.25, -0.2) is 0 Å². The molecule has 2 aliphatic rings. The zero-order valence-electron chi connectivity index (χ0n) is 12.8. The van der Waals surface area contributed by atoms with E-state index in [-0.39, 0.29) is 0 Å². The van der Waals surface area contributed by atoms with Gasteiger partial charge in [-0.05, 0) is 57.3 Å². The zero-order valence-corrected chi connectivity index (χ0v) is 12.8. The maximum Gasteiger partial charge on any atom is 0.0104 e. The van der Waals surface area contributed by atoms with Crippen LogP contribution in [0.4, 0.5) is 0 Å². The molecule has 2 heteroatoms. The Bertz CT molecular complexity index is 409. The fraction of sp³-hybridized carbons (Fsp3) is 0.667. The normalized spacial score (nSPS) is 26.8. The lowest BCUT2D eigenvalue weighted by molar-refractivity contribution is 0.160. The van der Waals surface area contributed by atoms with Crippen LogP contribution in [-0.4, -0.2) is 37.1 Å². The van der Waals surface area contributed by atoms with Gasteiger partial charge < -0.3 is 5.32 Å². The molecule has 0 amide bonds. The van der Waals surface area contributed by atoms with E-state index in [9.17, 15) is 0 Å². The third kappa shape index (κ3) is 2.77. The molecule has 1 atom stereocenters. The molecule has 0 aliphatic carbocycles. The number of piperidine rings is 1. The minimum atomic E-state index is 0.379. The van der Waals surface area contributed by atoms with Gasteiger partial charge in [-0.1, -0.05) is 37.3 Å². The highest BCUT2D eigenvalue weighted by Gasteiger charge is 2.37. The van der Waals surface area contributed by atoms with Gasteiger partial charge in [-0.15, -0.1) is 0 Å². The number of hydrogen-bond acceptors (Lipinski definition) is 2. The average molecular weight is 272 g/mol. The van der Waals surface area contributed by atoms with Gasteiger partial charge in [0.1, 0.15) is 0 Å². The first-order chi connectivity index (χ1) is 9.84. The van der Waals surface area contributed by atoms with Gasteiger partial charge in [-0.2, -0.15) is 0 Å². The van der Waals surface area contributed by atoms with Crippen LogP contribution < -0.4 is 5.32 Å². The topological polar surface area (TPSA) is 15.3 Å². The second-order valence-corrected chi connectivity index (χ2v) is 6.57. The monoisotopic (exact) mass is 272 g/mol. The lowest BCUT2D eigenvalue weighted by Gasteiger charge is -2.42. The van der Waals surface area contributed by atoms with Crippen molar-refractivity contribution in [1.29, 1.82) is 0 Å². The number of hydrogen-bond donors (Lipinski definition) is 1. The highest BCUT2D eigenvalue weighted by molar-refractivity contribution is 5.27. The van der Waals surface area contributed by atoms with Crippen molar-refractivity contribution in [3.05, 3.63) is 35.9 Å². The van der Waals surface area contributed by atoms with Gasteiger partial charge in [0.05, 0.1) is 0 Å². The predicted octanol–water partition coefficient (Wildman–Crippen LogP) is 3.18. The van der Waals surface area contributed by atoms with Gasteiger partial charge in [-0.3, -0.25) is 4.90 Å². The Balaban J connectivity index is 1.83. The van der Waals surface area contributed by atoms with Crippen LogP contribution in [0.2, 0.25) is 0 Å². The summed E-state index contributed by atoms with van der Waals surface area (Å²) in [7, 11) is 0. The molecule has 0 aromatic heterocycles. The standard InChI is InChI=1S/C18H28N2/c1-2-17-9-6-14-20(17)15-18(10-12-19-13-11-18)16-7-4-3-5-8-16/h3-5,7-8,17,19H,2,6,9-15H2,1H3. The number of rotatable bonds is 4. The van der Waals surface area contributed by atoms with Gasteiger partial charge >= 0.3 is 0 Å². The Morgan fingerprint density at radius 3 is 2.65 bits per heavy atom. The molecule has 2 saturated heterocycles. The lowest BCUT2D eigenvalue weighted by atomic mass is 9.72. The summed E-state index contributed by atoms with van der Waals surface area (Å²) in [5.74, 6) is 0. The van der Waals surface area contributed by atoms with Crippen LogP contribution in [0.15, 0.2) is 30.3 Å². The van der Waals surface area contributed by atoms with Gasteiger partial charge in [0.2, 0.25) is 0 Å². The molecule has 2 aliphatic heterocycles. The maximum atomic E-state index is 3.54. The maximum absolute atomic E-state index is 3.54. The van der Waals surface area contributed by atoms with Crippen molar-refractivity contribution < 1.29 is 0 Å². The van der Waals surface area contributed by atoms with Crippen molar-refractivity contribution in [3.63, 3.8) is 0 Å². The number of nitrogens with one attached hydrogen (secondary N) is 1. The largest absolute Gasteiger partial charge is 0.317 e. The van der Waals surface area contributed by atoms with Crippen LogP contribution in [0.1, 0.15) is 44.6 Å². The highest BCUT2D eigenvalue weighted by Crippen LogP contribution is 2.36. The van der Waals surface area contributed by atoms with Crippen LogP contribution in [0.25, 0.3) is 0 Å². The first kappa shape index (κ1) is 14.1. The summed E-state index contributed by atoms with van der Waals surface area (Å²) in [5.41, 5.74) is 1.94. The number of nitrogens with zero attached hydrogens (tertiary/aromatic N) is 1. The zero-order chi connectivity index (χ0) is 13.8. The molecule has 2 fully saturated rings. The molecule has 1 unspecified atom stereocenters. The van der Waals surface area contributed by atoms with Crippen LogP contribution in [0, 0.1) is 0 Å². The van der Waals surface area contributed by atoms with Crippen LogP contribution >= 0.6 is 0 Å². The van der Waals surface area contributed by atoms with Gasteiger partial charge in [0.25, 0.3) is 0 Å². The molecule has 2 nitrogen and oxygen atoms in total. The fourth-order valence-electron chi connectivity index (χ4n) is 4.19. The van der Waals surface area contributed by atoms with E-state index in [0.717, 1.165) is 6.04 Å². The SMILES string of the molecule is CCC1CCCN1CC1(c2ccccc2)CCNCC1. The minimum absolute atomic E-state index is 0.379. The van der Waals surface area contributed by atoms with Gasteiger partial charge in [0.15, 0.2) is 0 Å². The summed E-state index contributed by atoms with van der Waals surface area (Å²) >= 11 is 0. The molecular weight excluding hydrogens is 244 g/mol. The first-order valence-corrected chi connectivity index (χ1v) is 8.34. The molecule has 110 valence electrons. The van der Waals surface area contributed by atoms with E-state index in [1.54, 1.807) is 5.56 Å². The molecule has 2 heterocycles. The highest BCUT2D eigenvalue weighted by atomic mass is 15.2. The van der Waals surface area contributed by atoms with Crippen molar-refractivity contribution in [2.45, 2.75) is 50.5 Å². The summed E-state index contributed by atoms with van der Waals surface area (Å²) in [6, 6.07) is 12.1. The molecule has 1 aromatic carbocycles. The average Bonchev–Trinajstić information content (AvgIpc) is 2.96. The van der Waals surface area contributed by atoms with E-state index < -0.39 is 0 Å². The fourth-order valence-corrected chi connectivity index (χ4v) is 4.19. The molecule has 1 aromatic rings.